The van der Waals surface area contributed by atoms with Crippen molar-refractivity contribution in [3.05, 3.63) is 71.3 Å². The van der Waals surface area contributed by atoms with E-state index in [0.29, 0.717) is 0 Å². The lowest BCUT2D eigenvalue weighted by molar-refractivity contribution is -0.130. The van der Waals surface area contributed by atoms with E-state index in [9.17, 15) is 4.79 Å². The molecular weight excluding hydrogens is 320 g/mol. The summed E-state index contributed by atoms with van der Waals surface area (Å²) < 4.78 is 0. The molecule has 1 unspecified atom stereocenters. The number of benzene rings is 2. The van der Waals surface area contributed by atoms with E-state index < -0.39 is 0 Å². The molecular formula is C23H30N2O. The van der Waals surface area contributed by atoms with Gasteiger partial charge >= 0.3 is 0 Å². The second-order valence-corrected chi connectivity index (χ2v) is 7.63. The number of nitrogens with zero attached hydrogens (tertiary/aromatic N) is 2. The van der Waals surface area contributed by atoms with Crippen LogP contribution in [-0.4, -0.2) is 42.4 Å². The van der Waals surface area contributed by atoms with Crippen LogP contribution in [0.25, 0.3) is 0 Å². The van der Waals surface area contributed by atoms with Gasteiger partial charge in [0.15, 0.2) is 0 Å². The normalized spacial score (nSPS) is 22.3. The van der Waals surface area contributed by atoms with Gasteiger partial charge in [0.25, 0.3) is 0 Å². The van der Waals surface area contributed by atoms with Gasteiger partial charge < -0.3 is 9.80 Å². The molecule has 2 atom stereocenters. The Labute approximate surface area is 157 Å². The zero-order valence-electron chi connectivity index (χ0n) is 16.2. The maximum atomic E-state index is 11.9. The molecule has 138 valence electrons. The van der Waals surface area contributed by atoms with Gasteiger partial charge in [-0.2, -0.15) is 0 Å². The molecule has 0 bridgehead atoms. The summed E-state index contributed by atoms with van der Waals surface area (Å²) in [7, 11) is 2.18. The predicted octanol–water partition coefficient (Wildman–Crippen LogP) is 4.14. The van der Waals surface area contributed by atoms with Crippen LogP contribution >= 0.6 is 0 Å². The molecule has 0 spiro atoms. The van der Waals surface area contributed by atoms with E-state index in [2.05, 4.69) is 55.3 Å². The van der Waals surface area contributed by atoms with E-state index in [4.69, 9.17) is 0 Å². The smallest absolute Gasteiger partial charge is 0.220 e. The van der Waals surface area contributed by atoms with Gasteiger partial charge in [0.1, 0.15) is 0 Å². The molecule has 2 aromatic rings. The molecule has 0 aliphatic carbocycles. The zero-order valence-corrected chi connectivity index (χ0v) is 16.2. The quantitative estimate of drug-likeness (QED) is 0.772. The lowest BCUT2D eigenvalue weighted by Crippen LogP contribution is -2.39. The van der Waals surface area contributed by atoms with Crippen LogP contribution in [0.3, 0.4) is 0 Å². The molecule has 0 N–H and O–H groups in total. The van der Waals surface area contributed by atoms with E-state index in [1.54, 1.807) is 6.92 Å². The Morgan fingerprint density at radius 2 is 1.69 bits per heavy atom. The first-order chi connectivity index (χ1) is 12.6. The third-order valence-electron chi connectivity index (χ3n) is 5.43. The first kappa shape index (κ1) is 18.7. The Morgan fingerprint density at radius 1 is 1.00 bits per heavy atom. The van der Waals surface area contributed by atoms with Gasteiger partial charge in [-0.15, -0.1) is 0 Å². The SMILES string of the molecule is CC(=O)N1CCc2ccccc2[C@@H]1c1ccccc1.CC1CCN(C)C1. The van der Waals surface area contributed by atoms with Crippen molar-refractivity contribution in [1.29, 1.82) is 0 Å². The van der Waals surface area contributed by atoms with Crippen molar-refractivity contribution < 1.29 is 4.79 Å². The number of likely N-dealkylation sites (tertiary alicyclic amines) is 1. The first-order valence-electron chi connectivity index (χ1n) is 9.64. The Kier molecular flexibility index (Phi) is 6.10. The van der Waals surface area contributed by atoms with Crippen LogP contribution in [0.15, 0.2) is 54.6 Å². The molecule has 1 amide bonds. The Morgan fingerprint density at radius 3 is 2.27 bits per heavy atom. The standard InChI is InChI=1S/C17H17NO.C6H13N/c1-13(19)18-12-11-14-7-5-6-10-16(14)17(18)15-8-3-2-4-9-15;1-6-3-4-7(2)5-6/h2-10,17H,11-12H2,1H3;6H,3-5H2,1-2H3/t17-;/m0./s1. The molecule has 0 saturated carbocycles. The lowest BCUT2D eigenvalue weighted by Gasteiger charge is -2.37. The fourth-order valence-electron chi connectivity index (χ4n) is 4.06. The maximum absolute atomic E-state index is 11.9. The summed E-state index contributed by atoms with van der Waals surface area (Å²) in [6.45, 7) is 7.38. The molecule has 1 saturated heterocycles. The Balaban J connectivity index is 0.000000236. The Hall–Kier alpha value is -2.13. The topological polar surface area (TPSA) is 23.6 Å². The second-order valence-electron chi connectivity index (χ2n) is 7.63. The first-order valence-corrected chi connectivity index (χ1v) is 9.64. The van der Waals surface area contributed by atoms with Crippen LogP contribution in [0.2, 0.25) is 0 Å². The summed E-state index contributed by atoms with van der Waals surface area (Å²) in [5, 5.41) is 0. The Bertz CT molecular complexity index is 720. The number of carbonyl (C=O) groups excluding carboxylic acids is 1. The summed E-state index contributed by atoms with van der Waals surface area (Å²) >= 11 is 0. The van der Waals surface area contributed by atoms with Crippen LogP contribution in [0.1, 0.15) is 43.0 Å². The monoisotopic (exact) mass is 350 g/mol. The minimum atomic E-state index is 0.0589. The van der Waals surface area contributed by atoms with Gasteiger partial charge in [0.05, 0.1) is 6.04 Å². The van der Waals surface area contributed by atoms with E-state index in [1.165, 1.54) is 36.2 Å². The number of rotatable bonds is 1. The number of hydrogen-bond donors (Lipinski definition) is 0. The fraction of sp³-hybridized carbons (Fsp3) is 0.435. The second kappa shape index (κ2) is 8.50. The van der Waals surface area contributed by atoms with Crippen LogP contribution in [0, 0.1) is 5.92 Å². The fourth-order valence-corrected chi connectivity index (χ4v) is 4.06. The van der Waals surface area contributed by atoms with Crippen molar-refractivity contribution in [2.24, 2.45) is 5.92 Å². The molecule has 1 fully saturated rings. The van der Waals surface area contributed by atoms with Crippen LogP contribution in [0.4, 0.5) is 0 Å². The minimum absolute atomic E-state index is 0.0589. The molecule has 3 nitrogen and oxygen atoms in total. The molecule has 2 aliphatic heterocycles. The number of amides is 1. The average Bonchev–Trinajstić information content (AvgIpc) is 3.04. The van der Waals surface area contributed by atoms with Crippen LogP contribution in [-0.2, 0) is 11.2 Å². The molecule has 26 heavy (non-hydrogen) atoms. The summed E-state index contributed by atoms with van der Waals surface area (Å²) in [4.78, 5) is 16.3. The van der Waals surface area contributed by atoms with E-state index in [1.807, 2.05) is 23.1 Å². The number of fused-ring (bicyclic) bond motifs is 1. The molecule has 0 aromatic heterocycles. The van der Waals surface area contributed by atoms with E-state index in [-0.39, 0.29) is 11.9 Å². The summed E-state index contributed by atoms with van der Waals surface area (Å²) in [5.41, 5.74) is 3.80. The predicted molar refractivity (Wildman–Crippen MR) is 107 cm³/mol. The molecule has 3 heteroatoms. The number of hydrogen-bond acceptors (Lipinski definition) is 2. The van der Waals surface area contributed by atoms with Crippen molar-refractivity contribution in [2.75, 3.05) is 26.7 Å². The highest BCUT2D eigenvalue weighted by molar-refractivity contribution is 5.75. The third-order valence-corrected chi connectivity index (χ3v) is 5.43. The maximum Gasteiger partial charge on any atom is 0.220 e. The van der Waals surface area contributed by atoms with Crippen molar-refractivity contribution in [1.82, 2.24) is 9.80 Å². The highest BCUT2D eigenvalue weighted by Crippen LogP contribution is 2.34. The third kappa shape index (κ3) is 4.34. The highest BCUT2D eigenvalue weighted by Gasteiger charge is 2.29. The molecule has 2 aromatic carbocycles. The molecule has 2 heterocycles. The zero-order chi connectivity index (χ0) is 18.5. The highest BCUT2D eigenvalue weighted by atomic mass is 16.2. The van der Waals surface area contributed by atoms with E-state index >= 15 is 0 Å². The van der Waals surface area contributed by atoms with E-state index in [0.717, 1.165) is 18.9 Å². The number of carbonyl (C=O) groups is 1. The summed E-state index contributed by atoms with van der Waals surface area (Å²) in [6, 6.07) is 18.8. The van der Waals surface area contributed by atoms with Gasteiger partial charge in [-0.05, 0) is 49.0 Å². The lowest BCUT2D eigenvalue weighted by atomic mass is 9.88. The van der Waals surface area contributed by atoms with Gasteiger partial charge in [-0.1, -0.05) is 61.5 Å². The average molecular weight is 351 g/mol. The van der Waals surface area contributed by atoms with Crippen LogP contribution in [0.5, 0.6) is 0 Å². The molecule has 0 radical (unpaired) electrons. The summed E-state index contributed by atoms with van der Waals surface area (Å²) in [6.07, 6.45) is 2.34. The van der Waals surface area contributed by atoms with Crippen molar-refractivity contribution in [3.8, 4) is 0 Å². The minimum Gasteiger partial charge on any atom is -0.331 e. The van der Waals surface area contributed by atoms with Gasteiger partial charge in [0.2, 0.25) is 5.91 Å². The van der Waals surface area contributed by atoms with Gasteiger partial charge in [-0.3, -0.25) is 4.79 Å². The summed E-state index contributed by atoms with van der Waals surface area (Å²) in [5.74, 6) is 1.09. The molecule has 4 rings (SSSR count). The largest absolute Gasteiger partial charge is 0.331 e. The van der Waals surface area contributed by atoms with Crippen molar-refractivity contribution in [2.45, 2.75) is 32.7 Å². The van der Waals surface area contributed by atoms with Gasteiger partial charge in [0, 0.05) is 20.0 Å². The van der Waals surface area contributed by atoms with Crippen LogP contribution < -0.4 is 0 Å². The molecule has 2 aliphatic rings. The van der Waals surface area contributed by atoms with Gasteiger partial charge in [-0.25, -0.2) is 0 Å². The van der Waals surface area contributed by atoms with Crippen molar-refractivity contribution >= 4 is 5.91 Å². The van der Waals surface area contributed by atoms with Crippen molar-refractivity contribution in [3.63, 3.8) is 0 Å².